The van der Waals surface area contributed by atoms with Crippen molar-refractivity contribution in [3.8, 4) is 0 Å². The summed E-state index contributed by atoms with van der Waals surface area (Å²) in [5.74, 6) is 0.0542. The molecule has 0 aromatic rings. The Hall–Kier alpha value is -0.0700. The van der Waals surface area contributed by atoms with Gasteiger partial charge in [-0.15, -0.1) is 24.8 Å². The van der Waals surface area contributed by atoms with E-state index in [1.165, 1.54) is 25.9 Å². The van der Waals surface area contributed by atoms with E-state index in [2.05, 4.69) is 4.90 Å². The van der Waals surface area contributed by atoms with E-state index in [9.17, 15) is 4.79 Å². The number of rotatable bonds is 5. The smallest absolute Gasteiger partial charge is 0.242 e. The van der Waals surface area contributed by atoms with Crippen molar-refractivity contribution >= 4 is 30.7 Å². The van der Waals surface area contributed by atoms with Gasteiger partial charge in [-0.1, -0.05) is 0 Å². The first kappa shape index (κ1) is 19.9. The van der Waals surface area contributed by atoms with Gasteiger partial charge in [0.1, 0.15) is 6.04 Å². The summed E-state index contributed by atoms with van der Waals surface area (Å²) in [6.07, 6.45) is 4.81. The number of carbonyl (C=O) groups excluding carboxylic acids is 1. The fourth-order valence-corrected chi connectivity index (χ4v) is 3.04. The van der Waals surface area contributed by atoms with Gasteiger partial charge in [-0.25, -0.2) is 0 Å². The summed E-state index contributed by atoms with van der Waals surface area (Å²) in [7, 11) is 1.58. The molecule has 2 aliphatic heterocycles. The Balaban J connectivity index is 0.00000180. The quantitative estimate of drug-likeness (QED) is 0.814. The fraction of sp³-hybridized carbons (Fsp3) is 0.923. The third-order valence-corrected chi connectivity index (χ3v) is 3.99. The van der Waals surface area contributed by atoms with Crippen molar-refractivity contribution in [1.82, 2.24) is 9.80 Å². The first-order valence-corrected chi connectivity index (χ1v) is 6.99. The van der Waals surface area contributed by atoms with Gasteiger partial charge < -0.3 is 20.3 Å². The lowest BCUT2D eigenvalue weighted by molar-refractivity contribution is -0.134. The van der Waals surface area contributed by atoms with E-state index in [0.717, 1.165) is 25.9 Å². The number of methoxy groups -OCH3 is 1. The Morgan fingerprint density at radius 3 is 2.50 bits per heavy atom. The van der Waals surface area contributed by atoms with Gasteiger partial charge in [0.05, 0.1) is 6.61 Å². The largest absolute Gasteiger partial charge is 0.383 e. The number of ether oxygens (including phenoxy) is 1. The molecule has 2 saturated heterocycles. The summed E-state index contributed by atoms with van der Waals surface area (Å²) >= 11 is 0. The summed E-state index contributed by atoms with van der Waals surface area (Å²) < 4.78 is 4.97. The van der Waals surface area contributed by atoms with Crippen LogP contribution < -0.4 is 5.73 Å². The number of nitrogens with two attached hydrogens (primary N) is 1. The van der Waals surface area contributed by atoms with Gasteiger partial charge in [-0.2, -0.15) is 0 Å². The molecule has 2 rings (SSSR count). The normalized spacial score (nSPS) is 24.1. The lowest BCUT2D eigenvalue weighted by Crippen LogP contribution is -2.50. The molecule has 0 spiro atoms. The van der Waals surface area contributed by atoms with Crippen molar-refractivity contribution in [3.05, 3.63) is 0 Å². The van der Waals surface area contributed by atoms with E-state index in [1.807, 2.05) is 4.90 Å². The number of carbonyl (C=O) groups is 1. The van der Waals surface area contributed by atoms with Crippen molar-refractivity contribution in [2.24, 2.45) is 5.73 Å². The van der Waals surface area contributed by atoms with E-state index in [4.69, 9.17) is 10.5 Å². The molecule has 0 aliphatic carbocycles. The lowest BCUT2D eigenvalue weighted by atomic mass is 10.2. The molecule has 1 amide bonds. The van der Waals surface area contributed by atoms with Crippen LogP contribution in [0.15, 0.2) is 0 Å². The van der Waals surface area contributed by atoms with Crippen LogP contribution >= 0.6 is 24.8 Å². The number of hydrogen-bond donors (Lipinski definition) is 1. The standard InChI is InChI=1S/C13H25N3O2.2ClH/c1-18-10-12(14)13(17)16-8-4-5-11(16)9-15-6-2-3-7-15;;/h11-12H,2-10,14H2,1H3;2*1H. The molecule has 2 fully saturated rings. The van der Waals surface area contributed by atoms with Crippen LogP contribution in [0.2, 0.25) is 0 Å². The van der Waals surface area contributed by atoms with Crippen molar-refractivity contribution in [3.63, 3.8) is 0 Å². The molecule has 5 nitrogen and oxygen atoms in total. The van der Waals surface area contributed by atoms with E-state index in [-0.39, 0.29) is 30.7 Å². The van der Waals surface area contributed by atoms with Crippen LogP contribution in [0, 0.1) is 0 Å². The highest BCUT2D eigenvalue weighted by atomic mass is 35.5. The molecule has 2 atom stereocenters. The second kappa shape index (κ2) is 9.79. The van der Waals surface area contributed by atoms with Gasteiger partial charge in [-0.05, 0) is 38.8 Å². The van der Waals surface area contributed by atoms with Crippen LogP contribution in [0.25, 0.3) is 0 Å². The van der Waals surface area contributed by atoms with Crippen LogP contribution in [0.1, 0.15) is 25.7 Å². The van der Waals surface area contributed by atoms with Gasteiger partial charge in [0, 0.05) is 26.2 Å². The zero-order valence-electron chi connectivity index (χ0n) is 12.1. The number of halogens is 2. The first-order chi connectivity index (χ1) is 8.72. The summed E-state index contributed by atoms with van der Waals surface area (Å²) in [5, 5.41) is 0. The Morgan fingerprint density at radius 1 is 1.25 bits per heavy atom. The van der Waals surface area contributed by atoms with E-state index in [0.29, 0.717) is 12.6 Å². The fourth-order valence-electron chi connectivity index (χ4n) is 3.04. The predicted molar refractivity (Wildman–Crippen MR) is 84.8 cm³/mol. The lowest BCUT2D eigenvalue weighted by Gasteiger charge is -2.30. The highest BCUT2D eigenvalue weighted by Gasteiger charge is 2.33. The van der Waals surface area contributed by atoms with Crippen molar-refractivity contribution in [1.29, 1.82) is 0 Å². The molecule has 120 valence electrons. The molecule has 2 heterocycles. The van der Waals surface area contributed by atoms with Crippen LogP contribution in [0.5, 0.6) is 0 Å². The SMILES string of the molecule is COCC(N)C(=O)N1CCCC1CN1CCCC1.Cl.Cl. The van der Waals surface area contributed by atoms with Crippen molar-refractivity contribution in [2.45, 2.75) is 37.8 Å². The molecule has 0 aromatic carbocycles. The van der Waals surface area contributed by atoms with Crippen molar-refractivity contribution in [2.75, 3.05) is 39.9 Å². The zero-order chi connectivity index (χ0) is 13.0. The summed E-state index contributed by atoms with van der Waals surface area (Å²) in [5.41, 5.74) is 5.85. The molecule has 20 heavy (non-hydrogen) atoms. The Labute approximate surface area is 134 Å². The van der Waals surface area contributed by atoms with Gasteiger partial charge in [-0.3, -0.25) is 4.79 Å². The van der Waals surface area contributed by atoms with E-state index < -0.39 is 6.04 Å². The number of hydrogen-bond acceptors (Lipinski definition) is 4. The van der Waals surface area contributed by atoms with Gasteiger partial charge in [0.2, 0.25) is 5.91 Å². The highest BCUT2D eigenvalue weighted by Crippen LogP contribution is 2.21. The van der Waals surface area contributed by atoms with Crippen LogP contribution in [-0.2, 0) is 9.53 Å². The monoisotopic (exact) mass is 327 g/mol. The van der Waals surface area contributed by atoms with E-state index >= 15 is 0 Å². The van der Waals surface area contributed by atoms with Crippen LogP contribution in [0.4, 0.5) is 0 Å². The first-order valence-electron chi connectivity index (χ1n) is 6.99. The Bertz CT molecular complexity index is 289. The molecular formula is C13H27Cl2N3O2. The summed E-state index contributed by atoms with van der Waals surface area (Å²) in [4.78, 5) is 16.7. The second-order valence-corrected chi connectivity index (χ2v) is 5.40. The zero-order valence-corrected chi connectivity index (χ0v) is 13.8. The van der Waals surface area contributed by atoms with Gasteiger partial charge in [0.15, 0.2) is 0 Å². The third kappa shape index (κ3) is 5.04. The number of amides is 1. The molecule has 2 aliphatic rings. The van der Waals surface area contributed by atoms with Crippen molar-refractivity contribution < 1.29 is 9.53 Å². The maximum atomic E-state index is 12.2. The molecule has 0 bridgehead atoms. The topological polar surface area (TPSA) is 58.8 Å². The molecule has 0 saturated carbocycles. The van der Waals surface area contributed by atoms with Gasteiger partial charge >= 0.3 is 0 Å². The molecular weight excluding hydrogens is 301 g/mol. The Kier molecular flexibility index (Phi) is 9.76. The number of likely N-dealkylation sites (tertiary alicyclic amines) is 2. The van der Waals surface area contributed by atoms with E-state index in [1.54, 1.807) is 7.11 Å². The number of nitrogens with zero attached hydrogens (tertiary/aromatic N) is 2. The van der Waals surface area contributed by atoms with Crippen LogP contribution in [0.3, 0.4) is 0 Å². The van der Waals surface area contributed by atoms with Gasteiger partial charge in [0.25, 0.3) is 0 Å². The molecule has 2 unspecified atom stereocenters. The average Bonchev–Trinajstić information content (AvgIpc) is 3.00. The predicted octanol–water partition coefficient (Wildman–Crippen LogP) is 0.890. The Morgan fingerprint density at radius 2 is 1.90 bits per heavy atom. The summed E-state index contributed by atoms with van der Waals surface area (Å²) in [6.45, 7) is 4.55. The second-order valence-electron chi connectivity index (χ2n) is 5.40. The molecule has 0 aromatic heterocycles. The highest BCUT2D eigenvalue weighted by molar-refractivity contribution is 5.85. The minimum Gasteiger partial charge on any atom is -0.383 e. The molecule has 2 N–H and O–H groups in total. The maximum Gasteiger partial charge on any atom is 0.242 e. The third-order valence-electron chi connectivity index (χ3n) is 3.99. The van der Waals surface area contributed by atoms with Crippen LogP contribution in [-0.4, -0.2) is 67.7 Å². The average molecular weight is 328 g/mol. The molecule has 7 heteroatoms. The minimum atomic E-state index is -0.505. The minimum absolute atomic E-state index is 0. The molecule has 0 radical (unpaired) electrons. The summed E-state index contributed by atoms with van der Waals surface area (Å²) in [6, 6.07) is -0.146. The maximum absolute atomic E-state index is 12.2.